The summed E-state index contributed by atoms with van der Waals surface area (Å²) in [7, 11) is 0. The zero-order valence-electron chi connectivity index (χ0n) is 10.1. The maximum atomic E-state index is 12.8. The smallest absolute Gasteiger partial charge is 0.287 e. The molecule has 1 rings (SSSR count). The molecule has 4 N–H and O–H groups in total. The monoisotopic (exact) mass is 261 g/mol. The number of hydrogen-bond acceptors (Lipinski definition) is 3. The van der Waals surface area contributed by atoms with Crippen LogP contribution in [-0.2, 0) is 6.54 Å². The molecule has 0 atom stereocenters. The zero-order valence-corrected chi connectivity index (χ0v) is 10.1. The van der Waals surface area contributed by atoms with Gasteiger partial charge < -0.3 is 20.7 Å². The summed E-state index contributed by atoms with van der Waals surface area (Å²) in [5.41, 5.74) is 6.21. The van der Waals surface area contributed by atoms with Crippen molar-refractivity contribution >= 4 is 11.6 Å². The standard InChI is InChI=1S/C11H17F2N3O2/c1-2-3-16-5-8(14)4-9(16)10(18)15-6-11(12,13)7-17/h4-5,17H,2-3,6-7,14H2,1H3,(H,15,18). The van der Waals surface area contributed by atoms with E-state index in [0.717, 1.165) is 6.42 Å². The number of nitrogens with one attached hydrogen (secondary N) is 1. The van der Waals surface area contributed by atoms with Gasteiger partial charge in [-0.2, -0.15) is 0 Å². The van der Waals surface area contributed by atoms with Crippen molar-refractivity contribution in [1.29, 1.82) is 0 Å². The molecule has 0 aromatic carbocycles. The van der Waals surface area contributed by atoms with Crippen molar-refractivity contribution in [3.05, 3.63) is 18.0 Å². The molecule has 0 aliphatic rings. The van der Waals surface area contributed by atoms with Crippen LogP contribution in [0.5, 0.6) is 0 Å². The van der Waals surface area contributed by atoms with E-state index >= 15 is 0 Å². The highest BCUT2D eigenvalue weighted by Gasteiger charge is 2.28. The van der Waals surface area contributed by atoms with Crippen LogP contribution in [0.2, 0.25) is 0 Å². The second kappa shape index (κ2) is 5.81. The molecule has 1 aromatic rings. The number of nitrogen functional groups attached to an aromatic ring is 1. The Balaban J connectivity index is 2.72. The summed E-state index contributed by atoms with van der Waals surface area (Å²) in [5.74, 6) is -3.95. The first-order valence-electron chi connectivity index (χ1n) is 5.62. The van der Waals surface area contributed by atoms with E-state index in [1.54, 1.807) is 10.8 Å². The first-order valence-corrected chi connectivity index (χ1v) is 5.62. The number of nitrogens with zero attached hydrogens (tertiary/aromatic N) is 1. The quantitative estimate of drug-likeness (QED) is 0.709. The van der Waals surface area contributed by atoms with Crippen LogP contribution in [0.25, 0.3) is 0 Å². The number of rotatable bonds is 6. The van der Waals surface area contributed by atoms with Crippen LogP contribution in [0, 0.1) is 0 Å². The molecule has 1 amide bonds. The number of aliphatic hydroxyl groups excluding tert-OH is 1. The van der Waals surface area contributed by atoms with Crippen molar-refractivity contribution in [3.8, 4) is 0 Å². The van der Waals surface area contributed by atoms with Gasteiger partial charge in [-0.15, -0.1) is 0 Å². The summed E-state index contributed by atoms with van der Waals surface area (Å²) < 4.78 is 27.2. The summed E-state index contributed by atoms with van der Waals surface area (Å²) in [6, 6.07) is 1.43. The average Bonchev–Trinajstić information content (AvgIpc) is 2.68. The first-order chi connectivity index (χ1) is 8.39. The summed E-state index contributed by atoms with van der Waals surface area (Å²) >= 11 is 0. The van der Waals surface area contributed by atoms with Gasteiger partial charge in [-0.3, -0.25) is 4.79 Å². The summed E-state index contributed by atoms with van der Waals surface area (Å²) in [6.07, 6.45) is 2.38. The van der Waals surface area contributed by atoms with Crippen molar-refractivity contribution in [2.45, 2.75) is 25.8 Å². The SMILES string of the molecule is CCCn1cc(N)cc1C(=O)NCC(F)(F)CO. The Morgan fingerprint density at radius 1 is 1.61 bits per heavy atom. The Labute approximate surface area is 104 Å². The third-order valence-electron chi connectivity index (χ3n) is 2.35. The van der Waals surface area contributed by atoms with Gasteiger partial charge in [-0.1, -0.05) is 6.92 Å². The zero-order chi connectivity index (χ0) is 13.8. The van der Waals surface area contributed by atoms with Crippen LogP contribution < -0.4 is 11.1 Å². The molecule has 0 bridgehead atoms. The molecule has 102 valence electrons. The molecule has 0 saturated carbocycles. The number of hydrogen-bond donors (Lipinski definition) is 3. The van der Waals surface area contributed by atoms with Gasteiger partial charge in [-0.05, 0) is 12.5 Å². The highest BCUT2D eigenvalue weighted by atomic mass is 19.3. The number of nitrogens with two attached hydrogens (primary N) is 1. The normalized spacial score (nSPS) is 11.6. The van der Waals surface area contributed by atoms with Crippen LogP contribution >= 0.6 is 0 Å². The fourth-order valence-electron chi connectivity index (χ4n) is 1.51. The summed E-state index contributed by atoms with van der Waals surface area (Å²) in [6.45, 7) is 0.305. The van der Waals surface area contributed by atoms with Gasteiger partial charge in [0, 0.05) is 12.7 Å². The van der Waals surface area contributed by atoms with Gasteiger partial charge in [0.25, 0.3) is 11.8 Å². The number of aromatic nitrogens is 1. The third-order valence-corrected chi connectivity index (χ3v) is 2.35. The highest BCUT2D eigenvalue weighted by molar-refractivity contribution is 5.93. The lowest BCUT2D eigenvalue weighted by molar-refractivity contribution is -0.0462. The average molecular weight is 261 g/mol. The molecule has 1 aromatic heterocycles. The molecule has 0 aliphatic heterocycles. The fraction of sp³-hybridized carbons (Fsp3) is 0.545. The second-order valence-corrected chi connectivity index (χ2v) is 4.05. The van der Waals surface area contributed by atoms with Crippen molar-refractivity contribution < 1.29 is 18.7 Å². The highest BCUT2D eigenvalue weighted by Crippen LogP contribution is 2.13. The van der Waals surface area contributed by atoms with Crippen molar-refractivity contribution in [2.24, 2.45) is 0 Å². The Morgan fingerprint density at radius 3 is 2.83 bits per heavy atom. The number of halogens is 2. The van der Waals surface area contributed by atoms with Crippen LogP contribution in [0.4, 0.5) is 14.5 Å². The van der Waals surface area contributed by atoms with E-state index in [1.165, 1.54) is 6.07 Å². The van der Waals surface area contributed by atoms with E-state index in [0.29, 0.717) is 12.2 Å². The molecule has 0 aliphatic carbocycles. The number of aryl methyl sites for hydroxylation is 1. The fourth-order valence-corrected chi connectivity index (χ4v) is 1.51. The van der Waals surface area contributed by atoms with Crippen LogP contribution in [-0.4, -0.2) is 34.7 Å². The predicted octanol–water partition coefficient (Wildman–Crippen LogP) is 0.838. The van der Waals surface area contributed by atoms with Gasteiger partial charge in [0.1, 0.15) is 12.3 Å². The van der Waals surface area contributed by atoms with Crippen molar-refractivity contribution in [3.63, 3.8) is 0 Å². The van der Waals surface area contributed by atoms with E-state index in [-0.39, 0.29) is 5.69 Å². The lowest BCUT2D eigenvalue weighted by Gasteiger charge is -2.14. The molecule has 5 nitrogen and oxygen atoms in total. The van der Waals surface area contributed by atoms with Gasteiger partial charge in [0.2, 0.25) is 0 Å². The molecule has 0 radical (unpaired) electrons. The van der Waals surface area contributed by atoms with E-state index in [4.69, 9.17) is 10.8 Å². The molecular formula is C11H17F2N3O2. The minimum atomic E-state index is -3.32. The summed E-state index contributed by atoms with van der Waals surface area (Å²) in [4.78, 5) is 11.7. The first kappa shape index (κ1) is 14.4. The van der Waals surface area contributed by atoms with Crippen LogP contribution in [0.15, 0.2) is 12.3 Å². The largest absolute Gasteiger partial charge is 0.397 e. The Morgan fingerprint density at radius 2 is 2.28 bits per heavy atom. The number of amides is 1. The molecule has 0 fully saturated rings. The number of aliphatic hydroxyl groups is 1. The van der Waals surface area contributed by atoms with Gasteiger partial charge in [-0.25, -0.2) is 8.78 Å². The predicted molar refractivity (Wildman–Crippen MR) is 63.5 cm³/mol. The minimum absolute atomic E-state index is 0.239. The van der Waals surface area contributed by atoms with Gasteiger partial charge in [0.05, 0.1) is 12.2 Å². The Hall–Kier alpha value is -1.63. The number of carbonyl (C=O) groups is 1. The second-order valence-electron chi connectivity index (χ2n) is 4.05. The van der Waals surface area contributed by atoms with E-state index < -0.39 is 25.0 Å². The molecular weight excluding hydrogens is 244 g/mol. The van der Waals surface area contributed by atoms with E-state index in [2.05, 4.69) is 5.32 Å². The molecule has 0 spiro atoms. The number of alkyl halides is 2. The van der Waals surface area contributed by atoms with E-state index in [9.17, 15) is 13.6 Å². The maximum absolute atomic E-state index is 12.8. The van der Waals surface area contributed by atoms with Crippen LogP contribution in [0.3, 0.4) is 0 Å². The molecule has 18 heavy (non-hydrogen) atoms. The Kier molecular flexibility index (Phi) is 4.66. The molecule has 0 saturated heterocycles. The summed E-state index contributed by atoms with van der Waals surface area (Å²) in [5, 5.41) is 10.5. The number of anilines is 1. The van der Waals surface area contributed by atoms with E-state index in [1.807, 2.05) is 6.92 Å². The number of carbonyl (C=O) groups excluding carboxylic acids is 1. The molecule has 0 unspecified atom stereocenters. The maximum Gasteiger partial charge on any atom is 0.287 e. The Bertz CT molecular complexity index is 418. The van der Waals surface area contributed by atoms with Crippen molar-refractivity contribution in [1.82, 2.24) is 9.88 Å². The van der Waals surface area contributed by atoms with Gasteiger partial charge in [0.15, 0.2) is 0 Å². The third kappa shape index (κ3) is 3.69. The lowest BCUT2D eigenvalue weighted by atomic mass is 10.3. The lowest BCUT2D eigenvalue weighted by Crippen LogP contribution is -2.39. The van der Waals surface area contributed by atoms with Crippen LogP contribution in [0.1, 0.15) is 23.8 Å². The topological polar surface area (TPSA) is 80.3 Å². The van der Waals surface area contributed by atoms with Gasteiger partial charge >= 0.3 is 0 Å². The minimum Gasteiger partial charge on any atom is -0.397 e. The van der Waals surface area contributed by atoms with Crippen molar-refractivity contribution in [2.75, 3.05) is 18.9 Å². The molecule has 1 heterocycles. The molecule has 7 heteroatoms.